The SMILES string of the molecule is COc1ccc(OC)c(S(=O)(=O)N(C)CCCNc2cc(-c3ccccc3Cl)nc3c(Br)cnn23)c1. The predicted molar refractivity (Wildman–Crippen MR) is 144 cm³/mol. The van der Waals surface area contributed by atoms with Crippen molar-refractivity contribution in [2.24, 2.45) is 0 Å². The van der Waals surface area contributed by atoms with E-state index in [2.05, 4.69) is 26.3 Å². The maximum absolute atomic E-state index is 13.2. The van der Waals surface area contributed by atoms with Gasteiger partial charge in [-0.05, 0) is 40.5 Å². The van der Waals surface area contributed by atoms with Crippen molar-refractivity contribution in [1.82, 2.24) is 18.9 Å². The molecule has 190 valence electrons. The van der Waals surface area contributed by atoms with Gasteiger partial charge in [-0.1, -0.05) is 29.8 Å². The Hall–Kier alpha value is -2.86. The van der Waals surface area contributed by atoms with E-state index in [1.54, 1.807) is 29.9 Å². The van der Waals surface area contributed by atoms with E-state index >= 15 is 0 Å². The maximum atomic E-state index is 13.2. The summed E-state index contributed by atoms with van der Waals surface area (Å²) in [5.74, 6) is 1.41. The molecule has 0 unspecified atom stereocenters. The summed E-state index contributed by atoms with van der Waals surface area (Å²) in [6, 6.07) is 14.0. The standard InChI is InChI=1S/C24H25BrClN5O4S/c1-30(36(32,33)22-13-16(34-2)9-10-21(22)35-3)12-6-11-27-23-14-20(17-7-4-5-8-19(17)26)29-24-18(25)15-28-31(23)24/h4-5,7-10,13-15,27H,6,11-12H2,1-3H3. The Bertz CT molecular complexity index is 1500. The molecule has 0 fully saturated rings. The summed E-state index contributed by atoms with van der Waals surface area (Å²) in [5.41, 5.74) is 2.14. The third kappa shape index (κ3) is 5.29. The molecule has 1 N–H and O–H groups in total. The lowest BCUT2D eigenvalue weighted by molar-refractivity contribution is 0.388. The summed E-state index contributed by atoms with van der Waals surface area (Å²) in [4.78, 5) is 4.76. The summed E-state index contributed by atoms with van der Waals surface area (Å²) in [6.07, 6.45) is 2.21. The summed E-state index contributed by atoms with van der Waals surface area (Å²) in [7, 11) is 0.675. The third-order valence-corrected chi connectivity index (χ3v) is 8.36. The van der Waals surface area contributed by atoms with Crippen molar-refractivity contribution >= 4 is 49.0 Å². The third-order valence-electron chi connectivity index (χ3n) is 5.59. The summed E-state index contributed by atoms with van der Waals surface area (Å²) >= 11 is 9.89. The predicted octanol–water partition coefficient (Wildman–Crippen LogP) is 4.95. The first-order valence-electron chi connectivity index (χ1n) is 11.0. The second-order valence-corrected chi connectivity index (χ2v) is 11.1. The Morgan fingerprint density at radius 3 is 2.64 bits per heavy atom. The molecule has 0 saturated carbocycles. The minimum absolute atomic E-state index is 0.0569. The highest BCUT2D eigenvalue weighted by molar-refractivity contribution is 9.10. The van der Waals surface area contributed by atoms with Gasteiger partial charge >= 0.3 is 0 Å². The molecule has 0 amide bonds. The second kappa shape index (κ2) is 11.0. The summed E-state index contributed by atoms with van der Waals surface area (Å²) < 4.78 is 40.6. The highest BCUT2D eigenvalue weighted by atomic mass is 79.9. The van der Waals surface area contributed by atoms with Crippen molar-refractivity contribution in [3.05, 3.63) is 64.2 Å². The fourth-order valence-corrected chi connectivity index (χ4v) is 5.62. The molecule has 0 aliphatic carbocycles. The zero-order chi connectivity index (χ0) is 25.9. The first-order valence-corrected chi connectivity index (χ1v) is 13.6. The molecule has 2 heterocycles. The number of rotatable bonds is 10. The van der Waals surface area contributed by atoms with Gasteiger partial charge in [-0.25, -0.2) is 17.7 Å². The van der Waals surface area contributed by atoms with Crippen molar-refractivity contribution in [2.75, 3.05) is 39.7 Å². The van der Waals surface area contributed by atoms with E-state index in [1.807, 2.05) is 30.3 Å². The molecule has 0 radical (unpaired) electrons. The Labute approximate surface area is 223 Å². The number of nitrogens with zero attached hydrogens (tertiary/aromatic N) is 4. The fourth-order valence-electron chi connectivity index (χ4n) is 3.66. The zero-order valence-electron chi connectivity index (χ0n) is 19.9. The molecule has 0 saturated heterocycles. The quantitative estimate of drug-likeness (QED) is 0.259. The van der Waals surface area contributed by atoms with Gasteiger partial charge in [0.2, 0.25) is 10.0 Å². The lowest BCUT2D eigenvalue weighted by Crippen LogP contribution is -2.29. The molecule has 36 heavy (non-hydrogen) atoms. The van der Waals surface area contributed by atoms with Gasteiger partial charge in [0.25, 0.3) is 0 Å². The lowest BCUT2D eigenvalue weighted by Gasteiger charge is -2.19. The van der Waals surface area contributed by atoms with E-state index in [1.165, 1.54) is 24.6 Å². The minimum atomic E-state index is -3.79. The molecule has 0 bridgehead atoms. The first-order chi connectivity index (χ1) is 17.3. The number of halogens is 2. The van der Waals surface area contributed by atoms with Crippen LogP contribution in [0, 0.1) is 0 Å². The number of ether oxygens (including phenoxy) is 2. The molecule has 4 rings (SSSR count). The Morgan fingerprint density at radius 2 is 1.92 bits per heavy atom. The maximum Gasteiger partial charge on any atom is 0.246 e. The molecule has 0 atom stereocenters. The van der Waals surface area contributed by atoms with Crippen LogP contribution < -0.4 is 14.8 Å². The van der Waals surface area contributed by atoms with Crippen molar-refractivity contribution in [2.45, 2.75) is 11.3 Å². The number of aromatic nitrogens is 3. The monoisotopic (exact) mass is 593 g/mol. The molecule has 2 aromatic heterocycles. The van der Waals surface area contributed by atoms with Crippen molar-refractivity contribution in [1.29, 1.82) is 0 Å². The number of hydrogen-bond donors (Lipinski definition) is 1. The van der Waals surface area contributed by atoms with Crippen molar-refractivity contribution in [3.63, 3.8) is 0 Å². The largest absolute Gasteiger partial charge is 0.497 e. The summed E-state index contributed by atoms with van der Waals surface area (Å²) in [6.45, 7) is 0.776. The van der Waals surface area contributed by atoms with Crippen LogP contribution in [0.5, 0.6) is 11.5 Å². The van der Waals surface area contributed by atoms with E-state index < -0.39 is 10.0 Å². The van der Waals surface area contributed by atoms with Gasteiger partial charge in [-0.2, -0.15) is 9.61 Å². The average molecular weight is 595 g/mol. The van der Waals surface area contributed by atoms with Crippen LogP contribution in [0.3, 0.4) is 0 Å². The highest BCUT2D eigenvalue weighted by Crippen LogP contribution is 2.31. The van der Waals surface area contributed by atoms with Crippen molar-refractivity contribution in [3.8, 4) is 22.8 Å². The van der Waals surface area contributed by atoms with Crippen LogP contribution in [0.2, 0.25) is 5.02 Å². The Morgan fingerprint density at radius 1 is 1.14 bits per heavy atom. The smallest absolute Gasteiger partial charge is 0.246 e. The summed E-state index contributed by atoms with van der Waals surface area (Å²) in [5, 5.41) is 8.32. The van der Waals surface area contributed by atoms with Crippen LogP contribution in [-0.2, 0) is 10.0 Å². The zero-order valence-corrected chi connectivity index (χ0v) is 23.1. The normalized spacial score (nSPS) is 11.7. The molecule has 12 heteroatoms. The second-order valence-electron chi connectivity index (χ2n) is 7.86. The van der Waals surface area contributed by atoms with Crippen LogP contribution >= 0.6 is 27.5 Å². The van der Waals surface area contributed by atoms with Gasteiger partial charge in [0.1, 0.15) is 22.2 Å². The van der Waals surface area contributed by atoms with Crippen LogP contribution in [0.15, 0.2) is 64.1 Å². The topological polar surface area (TPSA) is 98.1 Å². The van der Waals surface area contributed by atoms with Gasteiger partial charge in [0, 0.05) is 42.9 Å². The van der Waals surface area contributed by atoms with Crippen molar-refractivity contribution < 1.29 is 17.9 Å². The van der Waals surface area contributed by atoms with E-state index in [0.717, 1.165) is 10.0 Å². The van der Waals surface area contributed by atoms with E-state index in [0.29, 0.717) is 40.9 Å². The molecule has 0 aliphatic heterocycles. The molecular formula is C24H25BrClN5O4S. The van der Waals surface area contributed by atoms with Crippen LogP contribution in [0.25, 0.3) is 16.9 Å². The number of fused-ring (bicyclic) bond motifs is 1. The number of anilines is 1. The number of nitrogens with one attached hydrogen (secondary N) is 1. The van der Waals surface area contributed by atoms with Crippen LogP contribution in [-0.4, -0.2) is 61.7 Å². The highest BCUT2D eigenvalue weighted by Gasteiger charge is 2.25. The van der Waals surface area contributed by atoms with E-state index in [9.17, 15) is 8.42 Å². The first kappa shape index (κ1) is 26.2. The number of benzene rings is 2. The van der Waals surface area contributed by atoms with E-state index in [-0.39, 0.29) is 17.2 Å². The molecule has 0 aliphatic rings. The Balaban J connectivity index is 1.50. The van der Waals surface area contributed by atoms with Gasteiger partial charge in [0.05, 0.1) is 30.6 Å². The molecule has 4 aromatic rings. The fraction of sp³-hybridized carbons (Fsp3) is 0.250. The number of methoxy groups -OCH3 is 2. The molecule has 2 aromatic carbocycles. The minimum Gasteiger partial charge on any atom is -0.497 e. The van der Waals surface area contributed by atoms with Crippen LogP contribution in [0.1, 0.15) is 6.42 Å². The number of hydrogen-bond acceptors (Lipinski definition) is 7. The molecule has 9 nitrogen and oxygen atoms in total. The molecular weight excluding hydrogens is 570 g/mol. The molecule has 0 spiro atoms. The number of sulfonamides is 1. The van der Waals surface area contributed by atoms with E-state index in [4.69, 9.17) is 26.1 Å². The van der Waals surface area contributed by atoms with Gasteiger partial charge in [-0.15, -0.1) is 0 Å². The van der Waals surface area contributed by atoms with Crippen LogP contribution in [0.4, 0.5) is 5.82 Å². The average Bonchev–Trinajstić information content (AvgIpc) is 3.26. The Kier molecular flexibility index (Phi) is 8.04. The van der Waals surface area contributed by atoms with Gasteiger partial charge in [0.15, 0.2) is 5.65 Å². The van der Waals surface area contributed by atoms with Gasteiger partial charge < -0.3 is 14.8 Å². The van der Waals surface area contributed by atoms with Gasteiger partial charge in [-0.3, -0.25) is 0 Å². The lowest BCUT2D eigenvalue weighted by atomic mass is 10.1.